The van der Waals surface area contributed by atoms with Gasteiger partial charge in [-0.3, -0.25) is 4.79 Å². The minimum atomic E-state index is -1.41. The summed E-state index contributed by atoms with van der Waals surface area (Å²) in [5, 5.41) is 27.5. The van der Waals surface area contributed by atoms with Gasteiger partial charge in [-0.15, -0.1) is 0 Å². The van der Waals surface area contributed by atoms with Gasteiger partial charge in [0.05, 0.1) is 0 Å². The molecule has 1 rings (SSSR count). The molecular formula is C10H11NO4. The minimum Gasteiger partial charge on any atom is -0.508 e. The molecule has 80 valence electrons. The van der Waals surface area contributed by atoms with Crippen molar-refractivity contribution in [1.82, 2.24) is 0 Å². The summed E-state index contributed by atoms with van der Waals surface area (Å²) < 4.78 is 0. The van der Waals surface area contributed by atoms with Crippen LogP contribution in [-0.2, 0) is 4.79 Å². The first kappa shape index (κ1) is 11.1. The van der Waals surface area contributed by atoms with E-state index in [1.165, 1.54) is 24.3 Å². The number of primary amides is 1. The lowest BCUT2D eigenvalue weighted by molar-refractivity contribution is -0.123. The summed E-state index contributed by atoms with van der Waals surface area (Å²) in [6.07, 6.45) is 1.01. The zero-order chi connectivity index (χ0) is 11.4. The average molecular weight is 209 g/mol. The number of nitrogens with two attached hydrogens (primary N) is 1. The zero-order valence-corrected chi connectivity index (χ0v) is 7.79. The average Bonchev–Trinajstić information content (AvgIpc) is 2.18. The topological polar surface area (TPSA) is 104 Å². The van der Waals surface area contributed by atoms with E-state index in [1.54, 1.807) is 0 Å². The first-order valence-electron chi connectivity index (χ1n) is 4.18. The highest BCUT2D eigenvalue weighted by Crippen LogP contribution is 2.23. The quantitative estimate of drug-likeness (QED) is 0.524. The van der Waals surface area contributed by atoms with Crippen LogP contribution in [-0.4, -0.2) is 27.3 Å². The van der Waals surface area contributed by atoms with Gasteiger partial charge in [-0.2, -0.15) is 0 Å². The highest BCUT2D eigenvalue weighted by atomic mass is 16.3. The first-order chi connectivity index (χ1) is 7.00. The lowest BCUT2D eigenvalue weighted by Gasteiger charge is -2.01. The van der Waals surface area contributed by atoms with Crippen LogP contribution < -0.4 is 5.73 Å². The Morgan fingerprint density at radius 2 is 2.07 bits per heavy atom. The summed E-state index contributed by atoms with van der Waals surface area (Å²) in [5.41, 5.74) is 5.10. The number of phenols is 2. The fourth-order valence-corrected chi connectivity index (χ4v) is 0.965. The van der Waals surface area contributed by atoms with E-state index in [2.05, 4.69) is 0 Å². The molecule has 1 aromatic carbocycles. The highest BCUT2D eigenvalue weighted by molar-refractivity contribution is 5.81. The summed E-state index contributed by atoms with van der Waals surface area (Å²) in [7, 11) is 0. The largest absolute Gasteiger partial charge is 0.508 e. The van der Waals surface area contributed by atoms with Crippen LogP contribution in [0.4, 0.5) is 0 Å². The van der Waals surface area contributed by atoms with Gasteiger partial charge < -0.3 is 21.1 Å². The number of aliphatic hydroxyl groups excluding tert-OH is 1. The Morgan fingerprint density at radius 1 is 1.40 bits per heavy atom. The Balaban J connectivity index is 2.89. The van der Waals surface area contributed by atoms with E-state index < -0.39 is 12.0 Å². The molecule has 0 radical (unpaired) electrons. The molecule has 0 heterocycles. The number of aromatic hydroxyl groups is 2. The molecule has 0 aromatic heterocycles. The fourth-order valence-electron chi connectivity index (χ4n) is 0.965. The second-order valence-corrected chi connectivity index (χ2v) is 2.95. The van der Waals surface area contributed by atoms with Crippen LogP contribution in [0.25, 0.3) is 6.08 Å². The third-order valence-corrected chi connectivity index (χ3v) is 1.76. The summed E-state index contributed by atoms with van der Waals surface area (Å²) in [5.74, 6) is -0.979. The number of rotatable bonds is 3. The van der Waals surface area contributed by atoms with Gasteiger partial charge in [-0.25, -0.2) is 0 Å². The molecule has 5 nitrogen and oxygen atoms in total. The number of hydrogen-bond acceptors (Lipinski definition) is 4. The maximum absolute atomic E-state index is 10.5. The summed E-state index contributed by atoms with van der Waals surface area (Å²) >= 11 is 0. The van der Waals surface area contributed by atoms with Gasteiger partial charge in [0, 0.05) is 5.56 Å². The van der Waals surface area contributed by atoms with Crippen LogP contribution >= 0.6 is 0 Å². The molecule has 0 bridgehead atoms. The van der Waals surface area contributed by atoms with Gasteiger partial charge in [0.25, 0.3) is 0 Å². The Kier molecular flexibility index (Phi) is 3.30. The maximum Gasteiger partial charge on any atom is 0.250 e. The Bertz CT molecular complexity index is 400. The van der Waals surface area contributed by atoms with Gasteiger partial charge in [0.1, 0.15) is 11.5 Å². The molecular weight excluding hydrogens is 198 g/mol. The predicted molar refractivity (Wildman–Crippen MR) is 54.0 cm³/mol. The van der Waals surface area contributed by atoms with E-state index in [4.69, 9.17) is 15.9 Å². The molecule has 0 aliphatic heterocycles. The van der Waals surface area contributed by atoms with Gasteiger partial charge >= 0.3 is 0 Å². The van der Waals surface area contributed by atoms with Crippen molar-refractivity contribution in [2.75, 3.05) is 0 Å². The first-order valence-corrected chi connectivity index (χ1v) is 4.18. The van der Waals surface area contributed by atoms with Crippen molar-refractivity contribution >= 4 is 12.0 Å². The molecule has 5 N–H and O–H groups in total. The van der Waals surface area contributed by atoms with Crippen LogP contribution in [0.15, 0.2) is 24.3 Å². The number of phenolic OH excluding ortho intramolecular Hbond substituents is 2. The molecule has 1 unspecified atom stereocenters. The van der Waals surface area contributed by atoms with Crippen molar-refractivity contribution in [2.24, 2.45) is 5.73 Å². The van der Waals surface area contributed by atoms with E-state index in [-0.39, 0.29) is 17.1 Å². The van der Waals surface area contributed by atoms with E-state index in [0.717, 1.165) is 6.08 Å². The molecule has 1 aromatic rings. The predicted octanol–water partition coefficient (Wildman–Crippen LogP) is -0.0428. The molecule has 0 aliphatic carbocycles. The number of aliphatic hydroxyl groups is 1. The SMILES string of the molecule is NC(=O)C(O)C=Cc1cc(O)ccc1O. The third kappa shape index (κ3) is 2.99. The van der Waals surface area contributed by atoms with Gasteiger partial charge in [0.15, 0.2) is 6.10 Å². The monoisotopic (exact) mass is 209 g/mol. The summed E-state index contributed by atoms with van der Waals surface area (Å²) in [6, 6.07) is 3.91. The van der Waals surface area contributed by atoms with Crippen molar-refractivity contribution in [2.45, 2.75) is 6.10 Å². The third-order valence-electron chi connectivity index (χ3n) is 1.76. The van der Waals surface area contributed by atoms with E-state index >= 15 is 0 Å². The van der Waals surface area contributed by atoms with Gasteiger partial charge in [-0.1, -0.05) is 6.08 Å². The lowest BCUT2D eigenvalue weighted by Crippen LogP contribution is -2.25. The van der Waals surface area contributed by atoms with Crippen LogP contribution in [0.5, 0.6) is 11.5 Å². The molecule has 15 heavy (non-hydrogen) atoms. The van der Waals surface area contributed by atoms with Crippen LogP contribution in [0, 0.1) is 0 Å². The molecule has 1 atom stereocenters. The molecule has 0 saturated heterocycles. The summed E-state index contributed by atoms with van der Waals surface area (Å²) in [6.45, 7) is 0. The summed E-state index contributed by atoms with van der Waals surface area (Å²) in [4.78, 5) is 10.5. The molecule has 0 spiro atoms. The smallest absolute Gasteiger partial charge is 0.250 e. The standard InChI is InChI=1S/C10H11NO4/c11-10(15)9(14)3-1-6-5-7(12)2-4-8(6)13/h1-5,9,12-14H,(H2,11,15). The highest BCUT2D eigenvalue weighted by Gasteiger charge is 2.06. The number of amides is 1. The Hall–Kier alpha value is -2.01. The van der Waals surface area contributed by atoms with Gasteiger partial charge in [0.2, 0.25) is 5.91 Å². The molecule has 0 aliphatic rings. The lowest BCUT2D eigenvalue weighted by atomic mass is 10.1. The normalized spacial score (nSPS) is 12.9. The zero-order valence-electron chi connectivity index (χ0n) is 7.79. The Morgan fingerprint density at radius 3 is 2.67 bits per heavy atom. The second kappa shape index (κ2) is 4.47. The number of carbonyl (C=O) groups excluding carboxylic acids is 1. The molecule has 1 amide bonds. The van der Waals surface area contributed by atoms with Crippen molar-refractivity contribution in [3.63, 3.8) is 0 Å². The van der Waals surface area contributed by atoms with Crippen molar-refractivity contribution in [1.29, 1.82) is 0 Å². The Labute approximate surface area is 86.1 Å². The van der Waals surface area contributed by atoms with E-state index in [1.807, 2.05) is 0 Å². The molecule has 5 heteroatoms. The minimum absolute atomic E-state index is 0.0268. The van der Waals surface area contributed by atoms with Crippen LogP contribution in [0.3, 0.4) is 0 Å². The number of hydrogen-bond donors (Lipinski definition) is 4. The van der Waals surface area contributed by atoms with Gasteiger partial charge in [-0.05, 0) is 24.3 Å². The van der Waals surface area contributed by atoms with Crippen molar-refractivity contribution in [3.8, 4) is 11.5 Å². The van der Waals surface area contributed by atoms with Crippen molar-refractivity contribution in [3.05, 3.63) is 29.8 Å². The van der Waals surface area contributed by atoms with E-state index in [9.17, 15) is 9.90 Å². The number of benzene rings is 1. The molecule has 0 fully saturated rings. The van der Waals surface area contributed by atoms with Crippen molar-refractivity contribution < 1.29 is 20.1 Å². The second-order valence-electron chi connectivity index (χ2n) is 2.95. The van der Waals surface area contributed by atoms with Crippen LogP contribution in [0.2, 0.25) is 0 Å². The fraction of sp³-hybridized carbons (Fsp3) is 0.100. The van der Waals surface area contributed by atoms with E-state index in [0.29, 0.717) is 0 Å². The molecule has 0 saturated carbocycles. The maximum atomic E-state index is 10.5. The number of carbonyl (C=O) groups is 1. The van der Waals surface area contributed by atoms with Crippen LogP contribution in [0.1, 0.15) is 5.56 Å².